The van der Waals surface area contributed by atoms with Crippen LogP contribution in [-0.4, -0.2) is 27.9 Å². The number of fused-ring (bicyclic) bond motifs is 2. The molecule has 1 fully saturated rings. The maximum absolute atomic E-state index is 13.5. The van der Waals surface area contributed by atoms with Crippen LogP contribution in [0.15, 0.2) is 53.3 Å². The van der Waals surface area contributed by atoms with Crippen LogP contribution >= 0.6 is 11.6 Å². The van der Waals surface area contributed by atoms with Crippen LogP contribution < -0.4 is 5.43 Å². The summed E-state index contributed by atoms with van der Waals surface area (Å²) in [7, 11) is 0. The molecule has 2 heterocycles. The van der Waals surface area contributed by atoms with Crippen molar-refractivity contribution in [3.8, 4) is 0 Å². The van der Waals surface area contributed by atoms with Crippen LogP contribution in [0.5, 0.6) is 0 Å². The molecule has 0 saturated carbocycles. The number of alkyl halides is 3. The van der Waals surface area contributed by atoms with E-state index in [-0.39, 0.29) is 11.3 Å². The van der Waals surface area contributed by atoms with Gasteiger partial charge in [0.25, 0.3) is 0 Å². The minimum absolute atomic E-state index is 0.202. The number of benzene rings is 2. The van der Waals surface area contributed by atoms with Crippen molar-refractivity contribution in [2.24, 2.45) is 0 Å². The number of hydrogen-bond acceptors (Lipinski definition) is 3. The fraction of sp³-hybridized carbons (Fsp3) is 0.292. The molecule has 1 aliphatic heterocycles. The second-order valence-corrected chi connectivity index (χ2v) is 8.74. The first-order valence-electron chi connectivity index (χ1n) is 10.4. The molecule has 4 nitrogen and oxygen atoms in total. The highest BCUT2D eigenvalue weighted by Crippen LogP contribution is 2.38. The Kier molecular flexibility index (Phi) is 4.97. The number of halogens is 4. The summed E-state index contributed by atoms with van der Waals surface area (Å²) in [5.74, 6) is -0.275. The van der Waals surface area contributed by atoms with E-state index in [1.165, 1.54) is 12.1 Å². The summed E-state index contributed by atoms with van der Waals surface area (Å²) in [5, 5.41) is 11.8. The maximum Gasteiger partial charge on any atom is 0.416 e. The number of pyridine rings is 1. The van der Waals surface area contributed by atoms with Gasteiger partial charge < -0.3 is 10.1 Å². The minimum atomic E-state index is -4.40. The molecule has 0 spiro atoms. The smallest absolute Gasteiger partial charge is 0.416 e. The summed E-state index contributed by atoms with van der Waals surface area (Å²) in [5.41, 5.74) is 1.76. The molecule has 0 amide bonds. The highest BCUT2D eigenvalue weighted by molar-refractivity contribution is 6.31. The minimum Gasteiger partial charge on any atom is -0.428 e. The van der Waals surface area contributed by atoms with E-state index in [4.69, 9.17) is 11.6 Å². The maximum atomic E-state index is 13.5. The Hall–Kier alpha value is -2.93. The van der Waals surface area contributed by atoms with Crippen LogP contribution in [0.2, 0.25) is 5.02 Å². The van der Waals surface area contributed by atoms with Crippen LogP contribution in [0.1, 0.15) is 41.1 Å². The van der Waals surface area contributed by atoms with E-state index in [1.54, 1.807) is 18.2 Å². The van der Waals surface area contributed by atoms with Gasteiger partial charge in [0.1, 0.15) is 0 Å². The van der Waals surface area contributed by atoms with Gasteiger partial charge in [-0.15, -0.1) is 0 Å². The van der Waals surface area contributed by atoms with Gasteiger partial charge in [0.15, 0.2) is 5.43 Å². The van der Waals surface area contributed by atoms with Crippen LogP contribution in [-0.2, 0) is 12.6 Å². The molecule has 3 aromatic rings. The Labute approximate surface area is 187 Å². The van der Waals surface area contributed by atoms with Crippen molar-refractivity contribution in [3.05, 3.63) is 86.2 Å². The van der Waals surface area contributed by atoms with Gasteiger partial charge in [-0.1, -0.05) is 29.8 Å². The normalized spacial score (nSPS) is 18.7. The van der Waals surface area contributed by atoms with E-state index in [2.05, 4.69) is 4.90 Å². The van der Waals surface area contributed by atoms with Crippen LogP contribution in [0.25, 0.3) is 16.6 Å². The van der Waals surface area contributed by atoms with Crippen molar-refractivity contribution in [1.82, 2.24) is 9.63 Å². The Morgan fingerprint density at radius 2 is 1.72 bits per heavy atom. The second kappa shape index (κ2) is 7.59. The lowest BCUT2D eigenvalue weighted by molar-refractivity contribution is -0.137. The average molecular weight is 461 g/mol. The zero-order valence-electron chi connectivity index (χ0n) is 17.0. The number of allylic oxidation sites excluding steroid dienone is 1. The molecule has 5 rings (SSSR count). The van der Waals surface area contributed by atoms with E-state index in [9.17, 15) is 23.2 Å². The lowest BCUT2D eigenvalue weighted by atomic mass is 9.84. The van der Waals surface area contributed by atoms with Crippen molar-refractivity contribution < 1.29 is 18.4 Å². The van der Waals surface area contributed by atoms with Crippen LogP contribution in [0.3, 0.4) is 0 Å². The highest BCUT2D eigenvalue weighted by Gasteiger charge is 2.33. The van der Waals surface area contributed by atoms with E-state index >= 15 is 0 Å². The average Bonchev–Trinajstić information content (AvgIpc) is 3.31. The molecule has 1 N–H and O–H groups in total. The number of likely N-dealkylation sites (tertiary alicyclic amines) is 1. The third kappa shape index (κ3) is 3.45. The summed E-state index contributed by atoms with van der Waals surface area (Å²) < 4.78 is 40.0. The SMILES string of the molecule is O=c1c2c(n(O)c3ccc(Cl)cc13)CC(c1ccc(C(F)(F)F)cc1)C=C2N1CCCC1. The van der Waals surface area contributed by atoms with Crippen molar-refractivity contribution in [2.75, 3.05) is 13.1 Å². The van der Waals surface area contributed by atoms with Gasteiger partial charge in [0, 0.05) is 36.1 Å². The lowest BCUT2D eigenvalue weighted by Gasteiger charge is -2.31. The van der Waals surface area contributed by atoms with Crippen LogP contribution in [0, 0.1) is 0 Å². The predicted molar refractivity (Wildman–Crippen MR) is 117 cm³/mol. The molecule has 1 aromatic heterocycles. The molecule has 2 aromatic carbocycles. The van der Waals surface area contributed by atoms with Gasteiger partial charge in [-0.2, -0.15) is 17.9 Å². The van der Waals surface area contributed by atoms with Gasteiger partial charge in [0.05, 0.1) is 27.7 Å². The molecule has 0 bridgehead atoms. The van der Waals surface area contributed by atoms with Crippen molar-refractivity contribution in [3.63, 3.8) is 0 Å². The molecule has 1 aliphatic carbocycles. The lowest BCUT2D eigenvalue weighted by Crippen LogP contribution is -2.30. The molecule has 166 valence electrons. The molecular weight excluding hydrogens is 441 g/mol. The van der Waals surface area contributed by atoms with E-state index in [0.29, 0.717) is 39.2 Å². The largest absolute Gasteiger partial charge is 0.428 e. The number of aromatic nitrogens is 1. The van der Waals surface area contributed by atoms with Gasteiger partial charge in [0.2, 0.25) is 0 Å². The summed E-state index contributed by atoms with van der Waals surface area (Å²) in [6.07, 6.45) is -0.176. The Morgan fingerprint density at radius 1 is 1.03 bits per heavy atom. The number of rotatable bonds is 2. The quantitative estimate of drug-likeness (QED) is 0.500. The van der Waals surface area contributed by atoms with Gasteiger partial charge in [-0.05, 0) is 48.7 Å². The van der Waals surface area contributed by atoms with Crippen molar-refractivity contribution in [1.29, 1.82) is 0 Å². The predicted octanol–water partition coefficient (Wildman–Crippen LogP) is 5.69. The van der Waals surface area contributed by atoms with Gasteiger partial charge in [-0.25, -0.2) is 0 Å². The standard InChI is InChI=1S/C24H20ClF3N2O2/c25-17-7-8-19-18(13-17)23(31)22-20(29-9-1-2-10-29)11-15(12-21(22)30(19)32)14-3-5-16(6-4-14)24(26,27)28/h3-8,11,13,15,32H,1-2,9-10,12H2. The Balaban J connectivity index is 1.68. The molecular formula is C24H20ClF3N2O2. The topological polar surface area (TPSA) is 45.5 Å². The third-order valence-corrected chi connectivity index (χ3v) is 6.58. The second-order valence-electron chi connectivity index (χ2n) is 8.30. The van der Waals surface area contributed by atoms with Gasteiger partial charge in [-0.3, -0.25) is 4.79 Å². The molecule has 8 heteroatoms. The van der Waals surface area contributed by atoms with Crippen molar-refractivity contribution in [2.45, 2.75) is 31.4 Å². The molecule has 1 saturated heterocycles. The fourth-order valence-corrected chi connectivity index (χ4v) is 4.91. The van der Waals surface area contributed by atoms with Crippen LogP contribution in [0.4, 0.5) is 13.2 Å². The molecule has 2 aliphatic rings. The fourth-order valence-electron chi connectivity index (χ4n) is 4.74. The first-order valence-corrected chi connectivity index (χ1v) is 10.8. The van der Waals surface area contributed by atoms with Crippen molar-refractivity contribution >= 4 is 28.2 Å². The Bertz CT molecular complexity index is 1290. The number of nitrogens with zero attached hydrogens (tertiary/aromatic N) is 2. The zero-order chi connectivity index (χ0) is 22.6. The Morgan fingerprint density at radius 3 is 2.38 bits per heavy atom. The summed E-state index contributed by atoms with van der Waals surface area (Å²) >= 11 is 6.10. The monoisotopic (exact) mass is 460 g/mol. The van der Waals surface area contributed by atoms with Gasteiger partial charge >= 0.3 is 6.18 Å². The molecule has 1 unspecified atom stereocenters. The highest BCUT2D eigenvalue weighted by atomic mass is 35.5. The van der Waals surface area contributed by atoms with E-state index < -0.39 is 11.7 Å². The number of hydrogen-bond donors (Lipinski definition) is 1. The molecule has 0 radical (unpaired) electrons. The summed E-state index contributed by atoms with van der Waals surface area (Å²) in [6, 6.07) is 9.84. The third-order valence-electron chi connectivity index (χ3n) is 6.34. The van der Waals surface area contributed by atoms with E-state index in [0.717, 1.165) is 48.5 Å². The zero-order valence-corrected chi connectivity index (χ0v) is 17.7. The first-order chi connectivity index (χ1) is 15.2. The molecule has 32 heavy (non-hydrogen) atoms. The molecule has 1 atom stereocenters. The first kappa shape index (κ1) is 20.9. The summed E-state index contributed by atoms with van der Waals surface area (Å²) in [6.45, 7) is 1.56. The summed E-state index contributed by atoms with van der Waals surface area (Å²) in [4.78, 5) is 15.6. The van der Waals surface area contributed by atoms with E-state index in [1.807, 2.05) is 6.08 Å².